The molecule has 0 spiro atoms. The van der Waals surface area contributed by atoms with Crippen LogP contribution in [0, 0.1) is 0 Å². The number of nitrogens with one attached hydrogen (secondary N) is 1. The van der Waals surface area contributed by atoms with Crippen molar-refractivity contribution >= 4 is 11.3 Å². The topological polar surface area (TPSA) is 55.1 Å². The molecule has 3 heterocycles. The fraction of sp³-hybridized carbons (Fsp3) is 0.154. The van der Waals surface area contributed by atoms with Crippen LogP contribution in [0.15, 0.2) is 42.6 Å². The molecule has 3 aromatic rings. The van der Waals surface area contributed by atoms with Gasteiger partial charge in [-0.15, -0.1) is 10.2 Å². The van der Waals surface area contributed by atoms with Crippen LogP contribution in [0.4, 0.5) is 5.69 Å². The van der Waals surface area contributed by atoms with E-state index in [2.05, 4.69) is 38.8 Å². The van der Waals surface area contributed by atoms with Crippen molar-refractivity contribution in [1.29, 1.82) is 0 Å². The molecule has 0 saturated carbocycles. The first-order chi connectivity index (χ1) is 8.93. The molecular formula is C13H11N5. The largest absolute Gasteiger partial charge is 0.384 e. The monoisotopic (exact) mass is 237 g/mol. The average molecular weight is 237 g/mol. The molecule has 1 aliphatic heterocycles. The van der Waals surface area contributed by atoms with Crippen LogP contribution >= 0.6 is 0 Å². The molecule has 2 aromatic heterocycles. The maximum Gasteiger partial charge on any atom is 0.177 e. The van der Waals surface area contributed by atoms with E-state index in [1.807, 2.05) is 22.7 Å². The normalized spacial score (nSPS) is 17.7. The second-order valence-corrected chi connectivity index (χ2v) is 4.37. The van der Waals surface area contributed by atoms with Gasteiger partial charge >= 0.3 is 0 Å². The molecule has 1 N–H and O–H groups in total. The van der Waals surface area contributed by atoms with E-state index in [1.54, 1.807) is 6.20 Å². The summed E-state index contributed by atoms with van der Waals surface area (Å²) in [6.45, 7) is 0.844. The highest BCUT2D eigenvalue weighted by Gasteiger charge is 2.27. The zero-order valence-electron chi connectivity index (χ0n) is 9.61. The molecule has 0 aliphatic carbocycles. The smallest absolute Gasteiger partial charge is 0.177 e. The van der Waals surface area contributed by atoms with Gasteiger partial charge in [-0.05, 0) is 23.8 Å². The number of nitrogens with zero attached hydrogens (tertiary/aromatic N) is 4. The highest BCUT2D eigenvalue weighted by atomic mass is 15.4. The summed E-state index contributed by atoms with van der Waals surface area (Å²) >= 11 is 0. The predicted octanol–water partition coefficient (Wildman–Crippen LogP) is 1.68. The first kappa shape index (κ1) is 9.58. The van der Waals surface area contributed by atoms with Crippen molar-refractivity contribution in [1.82, 2.24) is 19.8 Å². The van der Waals surface area contributed by atoms with E-state index in [-0.39, 0.29) is 5.92 Å². The first-order valence-electron chi connectivity index (χ1n) is 5.92. The van der Waals surface area contributed by atoms with E-state index in [9.17, 15) is 0 Å². The Hall–Kier alpha value is -2.43. The number of anilines is 1. The fourth-order valence-electron chi connectivity index (χ4n) is 2.49. The Morgan fingerprint density at radius 2 is 2.06 bits per heavy atom. The Bertz CT molecular complexity index is 718. The molecule has 1 aromatic carbocycles. The zero-order chi connectivity index (χ0) is 11.9. The third kappa shape index (κ3) is 1.24. The summed E-state index contributed by atoms with van der Waals surface area (Å²) in [4.78, 5) is 0. The number of hydrogen-bond acceptors (Lipinski definition) is 4. The van der Waals surface area contributed by atoms with Crippen molar-refractivity contribution in [3.63, 3.8) is 0 Å². The van der Waals surface area contributed by atoms with Gasteiger partial charge in [0.1, 0.15) is 0 Å². The lowest BCUT2D eigenvalue weighted by atomic mass is 10.0. The summed E-state index contributed by atoms with van der Waals surface area (Å²) in [6, 6.07) is 12.1. The van der Waals surface area contributed by atoms with Gasteiger partial charge in [-0.1, -0.05) is 18.2 Å². The van der Waals surface area contributed by atoms with Gasteiger partial charge in [0.05, 0.1) is 5.92 Å². The van der Waals surface area contributed by atoms with E-state index in [0.717, 1.165) is 18.0 Å². The van der Waals surface area contributed by atoms with Crippen LogP contribution in [0.25, 0.3) is 5.65 Å². The average Bonchev–Trinajstić information content (AvgIpc) is 3.01. The SMILES string of the molecule is c1ccc2c(c1)NCC2c1nnc2cccnn12. The second kappa shape index (κ2) is 3.53. The Morgan fingerprint density at radius 3 is 3.06 bits per heavy atom. The van der Waals surface area contributed by atoms with E-state index >= 15 is 0 Å². The van der Waals surface area contributed by atoms with Gasteiger partial charge in [0.25, 0.3) is 0 Å². The molecule has 0 radical (unpaired) electrons. The predicted molar refractivity (Wildman–Crippen MR) is 67.6 cm³/mol. The Balaban J connectivity index is 1.90. The molecule has 4 rings (SSSR count). The lowest BCUT2D eigenvalue weighted by molar-refractivity contribution is 0.746. The van der Waals surface area contributed by atoms with E-state index in [0.29, 0.717) is 0 Å². The van der Waals surface area contributed by atoms with Gasteiger partial charge in [-0.3, -0.25) is 0 Å². The lowest BCUT2D eigenvalue weighted by Gasteiger charge is -2.06. The van der Waals surface area contributed by atoms with Crippen LogP contribution in [0.5, 0.6) is 0 Å². The molecular weight excluding hydrogens is 226 g/mol. The van der Waals surface area contributed by atoms with Crippen LogP contribution in [0.1, 0.15) is 17.3 Å². The van der Waals surface area contributed by atoms with E-state index in [1.165, 1.54) is 11.3 Å². The fourth-order valence-corrected chi connectivity index (χ4v) is 2.49. The van der Waals surface area contributed by atoms with Crippen molar-refractivity contribution in [2.45, 2.75) is 5.92 Å². The maximum atomic E-state index is 4.32. The molecule has 0 saturated heterocycles. The molecule has 5 nitrogen and oxygen atoms in total. The summed E-state index contributed by atoms with van der Waals surface area (Å²) in [7, 11) is 0. The Kier molecular flexibility index (Phi) is 1.88. The molecule has 0 bridgehead atoms. The summed E-state index contributed by atoms with van der Waals surface area (Å²) < 4.78 is 1.81. The van der Waals surface area contributed by atoms with Crippen molar-refractivity contribution in [3.8, 4) is 0 Å². The molecule has 88 valence electrons. The molecule has 1 unspecified atom stereocenters. The number of rotatable bonds is 1. The Morgan fingerprint density at radius 1 is 1.11 bits per heavy atom. The molecule has 1 aliphatic rings. The minimum atomic E-state index is 0.214. The number of para-hydroxylation sites is 1. The number of fused-ring (bicyclic) bond motifs is 2. The maximum absolute atomic E-state index is 4.32. The van der Waals surface area contributed by atoms with Crippen LogP contribution in [-0.4, -0.2) is 26.4 Å². The van der Waals surface area contributed by atoms with Gasteiger partial charge in [0, 0.05) is 18.4 Å². The van der Waals surface area contributed by atoms with Crippen LogP contribution in [0.2, 0.25) is 0 Å². The van der Waals surface area contributed by atoms with Crippen LogP contribution < -0.4 is 5.32 Å². The second-order valence-electron chi connectivity index (χ2n) is 4.37. The summed E-state index contributed by atoms with van der Waals surface area (Å²) in [5.41, 5.74) is 3.23. The highest BCUT2D eigenvalue weighted by molar-refractivity contribution is 5.59. The molecule has 5 heteroatoms. The third-order valence-corrected chi connectivity index (χ3v) is 3.35. The molecule has 18 heavy (non-hydrogen) atoms. The van der Waals surface area contributed by atoms with Gasteiger partial charge in [0.15, 0.2) is 11.5 Å². The van der Waals surface area contributed by atoms with Crippen molar-refractivity contribution in [3.05, 3.63) is 54.0 Å². The van der Waals surface area contributed by atoms with Crippen LogP contribution in [0.3, 0.4) is 0 Å². The number of aromatic nitrogens is 4. The minimum Gasteiger partial charge on any atom is -0.384 e. The zero-order valence-corrected chi connectivity index (χ0v) is 9.61. The molecule has 0 amide bonds. The summed E-state index contributed by atoms with van der Waals surface area (Å²) in [5, 5.41) is 16.2. The van der Waals surface area contributed by atoms with Crippen molar-refractivity contribution < 1.29 is 0 Å². The summed E-state index contributed by atoms with van der Waals surface area (Å²) in [5.74, 6) is 1.11. The standard InChI is InChI=1S/C13H11N5/c1-2-5-11-9(4-1)10(8-14-11)13-17-16-12-6-3-7-15-18(12)13/h1-7,10,14H,8H2. The van der Waals surface area contributed by atoms with E-state index in [4.69, 9.17) is 0 Å². The van der Waals surface area contributed by atoms with Gasteiger partial charge < -0.3 is 5.32 Å². The van der Waals surface area contributed by atoms with Gasteiger partial charge in [-0.25, -0.2) is 0 Å². The number of benzene rings is 1. The third-order valence-electron chi connectivity index (χ3n) is 3.35. The summed E-state index contributed by atoms with van der Waals surface area (Å²) in [6.07, 6.45) is 1.76. The molecule has 0 fully saturated rings. The molecule has 1 atom stereocenters. The first-order valence-corrected chi connectivity index (χ1v) is 5.92. The van der Waals surface area contributed by atoms with Crippen molar-refractivity contribution in [2.75, 3.05) is 11.9 Å². The van der Waals surface area contributed by atoms with Crippen molar-refractivity contribution in [2.24, 2.45) is 0 Å². The highest BCUT2D eigenvalue weighted by Crippen LogP contribution is 2.34. The van der Waals surface area contributed by atoms with E-state index < -0.39 is 0 Å². The lowest BCUT2D eigenvalue weighted by Crippen LogP contribution is -2.09. The van der Waals surface area contributed by atoms with Gasteiger partial charge in [0.2, 0.25) is 0 Å². The van der Waals surface area contributed by atoms with Crippen LogP contribution in [-0.2, 0) is 0 Å². The van der Waals surface area contributed by atoms with Gasteiger partial charge in [-0.2, -0.15) is 9.61 Å². The number of hydrogen-bond donors (Lipinski definition) is 1. The minimum absolute atomic E-state index is 0.214. The quantitative estimate of drug-likeness (QED) is 0.699. The Labute approximate surface area is 103 Å².